The summed E-state index contributed by atoms with van der Waals surface area (Å²) in [4.78, 5) is 38.1. The lowest BCUT2D eigenvalue weighted by Gasteiger charge is -2.17. The Morgan fingerprint density at radius 1 is 1.12 bits per heavy atom. The predicted molar refractivity (Wildman–Crippen MR) is 123 cm³/mol. The standard InChI is InChI=1S/C24H26N4O5/c1-15-14-28(24(32)27-22(15)30)21-12-19(29)20(33-21)13-25-23(31)26-18-9-7-17(8-10-18)11-16-5-3-2-4-6-16/h2-10,14,19-21,29H,11-13H2,1H3,(H2,25,26,31)(H,27,30,32)/t19-,20+,21-/m0/s1. The van der Waals surface area contributed by atoms with Crippen LogP contribution in [-0.2, 0) is 11.2 Å². The number of carbonyl (C=O) groups excluding carboxylic acids is 1. The van der Waals surface area contributed by atoms with Gasteiger partial charge in [0.2, 0.25) is 0 Å². The zero-order valence-electron chi connectivity index (χ0n) is 18.2. The lowest BCUT2D eigenvalue weighted by Crippen LogP contribution is -2.39. The summed E-state index contributed by atoms with van der Waals surface area (Å²) >= 11 is 0. The average Bonchev–Trinajstić information content (AvgIpc) is 3.17. The van der Waals surface area contributed by atoms with Crippen LogP contribution < -0.4 is 21.9 Å². The van der Waals surface area contributed by atoms with Crippen molar-refractivity contribution in [3.05, 3.63) is 98.3 Å². The topological polar surface area (TPSA) is 125 Å². The Bertz CT molecular complexity index is 1220. The molecule has 2 aromatic carbocycles. The number of aliphatic hydroxyl groups excluding tert-OH is 1. The number of hydrogen-bond donors (Lipinski definition) is 4. The number of nitrogens with one attached hydrogen (secondary N) is 3. The third-order valence-electron chi connectivity index (χ3n) is 5.59. The van der Waals surface area contributed by atoms with Gasteiger partial charge in [-0.2, -0.15) is 0 Å². The van der Waals surface area contributed by atoms with Crippen molar-refractivity contribution in [2.75, 3.05) is 11.9 Å². The number of aryl methyl sites for hydroxylation is 1. The molecule has 1 fully saturated rings. The third-order valence-corrected chi connectivity index (χ3v) is 5.59. The number of urea groups is 1. The number of nitrogens with zero attached hydrogens (tertiary/aromatic N) is 1. The molecule has 172 valence electrons. The Morgan fingerprint density at radius 2 is 1.82 bits per heavy atom. The van der Waals surface area contributed by atoms with E-state index in [1.165, 1.54) is 16.3 Å². The number of amides is 2. The molecule has 2 amide bonds. The van der Waals surface area contributed by atoms with E-state index in [-0.39, 0.29) is 13.0 Å². The van der Waals surface area contributed by atoms with Crippen LogP contribution in [0.4, 0.5) is 10.5 Å². The number of aromatic nitrogens is 2. The molecule has 4 N–H and O–H groups in total. The van der Waals surface area contributed by atoms with Crippen LogP contribution in [-0.4, -0.2) is 39.4 Å². The maximum Gasteiger partial charge on any atom is 0.330 e. The molecule has 1 aliphatic rings. The smallest absolute Gasteiger partial charge is 0.330 e. The molecule has 1 saturated heterocycles. The van der Waals surface area contributed by atoms with Crippen molar-refractivity contribution in [2.24, 2.45) is 0 Å². The number of rotatable bonds is 6. The summed E-state index contributed by atoms with van der Waals surface area (Å²) in [5.74, 6) is 0. The largest absolute Gasteiger partial charge is 0.390 e. The van der Waals surface area contributed by atoms with E-state index >= 15 is 0 Å². The summed E-state index contributed by atoms with van der Waals surface area (Å²) in [6.07, 6.45) is 0.101. The number of anilines is 1. The molecule has 3 aromatic rings. The van der Waals surface area contributed by atoms with Gasteiger partial charge < -0.3 is 20.5 Å². The summed E-state index contributed by atoms with van der Waals surface area (Å²) in [6, 6.07) is 17.3. The van der Waals surface area contributed by atoms with Gasteiger partial charge in [0, 0.05) is 30.4 Å². The van der Waals surface area contributed by atoms with Crippen LogP contribution in [0.3, 0.4) is 0 Å². The first kappa shape index (κ1) is 22.5. The van der Waals surface area contributed by atoms with Gasteiger partial charge in [-0.3, -0.25) is 14.3 Å². The van der Waals surface area contributed by atoms with E-state index < -0.39 is 35.7 Å². The van der Waals surface area contributed by atoms with E-state index in [0.29, 0.717) is 11.3 Å². The normalized spacial score (nSPS) is 19.9. The van der Waals surface area contributed by atoms with Crippen molar-refractivity contribution >= 4 is 11.7 Å². The van der Waals surface area contributed by atoms with Crippen LogP contribution >= 0.6 is 0 Å². The number of hydrogen-bond acceptors (Lipinski definition) is 5. The summed E-state index contributed by atoms with van der Waals surface area (Å²) < 4.78 is 7.00. The summed E-state index contributed by atoms with van der Waals surface area (Å²) in [7, 11) is 0. The number of benzene rings is 2. The number of ether oxygens (including phenoxy) is 1. The lowest BCUT2D eigenvalue weighted by atomic mass is 10.0. The molecule has 9 heteroatoms. The molecule has 2 heterocycles. The highest BCUT2D eigenvalue weighted by Crippen LogP contribution is 2.27. The molecule has 4 rings (SSSR count). The molecule has 0 bridgehead atoms. The maximum atomic E-state index is 12.3. The Morgan fingerprint density at radius 3 is 2.55 bits per heavy atom. The SMILES string of the molecule is Cc1cn([C@@H]2C[C@H](O)[C@@H](CNC(=O)Nc3ccc(Cc4ccccc4)cc3)O2)c(=O)[nH]c1=O. The monoisotopic (exact) mass is 450 g/mol. The van der Waals surface area contributed by atoms with E-state index in [2.05, 4.69) is 27.8 Å². The fourth-order valence-electron chi connectivity index (χ4n) is 3.78. The lowest BCUT2D eigenvalue weighted by molar-refractivity contribution is -0.0178. The van der Waals surface area contributed by atoms with Crippen LogP contribution in [0.5, 0.6) is 0 Å². The van der Waals surface area contributed by atoms with Crippen LogP contribution in [0.2, 0.25) is 0 Å². The summed E-state index contributed by atoms with van der Waals surface area (Å²) in [5, 5.41) is 15.7. The second-order valence-corrected chi connectivity index (χ2v) is 8.11. The molecule has 1 aliphatic heterocycles. The van der Waals surface area contributed by atoms with Gasteiger partial charge in [0.25, 0.3) is 5.56 Å². The molecule has 0 saturated carbocycles. The second-order valence-electron chi connectivity index (χ2n) is 8.11. The maximum absolute atomic E-state index is 12.3. The number of aliphatic hydroxyl groups is 1. The first-order valence-corrected chi connectivity index (χ1v) is 10.7. The van der Waals surface area contributed by atoms with Crippen molar-refractivity contribution in [1.29, 1.82) is 0 Å². The molecular weight excluding hydrogens is 424 g/mol. The third kappa shape index (κ3) is 5.57. The van der Waals surface area contributed by atoms with Crippen LogP contribution in [0.1, 0.15) is 29.3 Å². The van der Waals surface area contributed by atoms with Crippen molar-refractivity contribution in [2.45, 2.75) is 38.2 Å². The summed E-state index contributed by atoms with van der Waals surface area (Å²) in [5.41, 5.74) is 2.29. The van der Waals surface area contributed by atoms with Crippen molar-refractivity contribution in [3.8, 4) is 0 Å². The molecule has 1 aromatic heterocycles. The fourth-order valence-corrected chi connectivity index (χ4v) is 3.78. The number of aromatic amines is 1. The highest BCUT2D eigenvalue weighted by molar-refractivity contribution is 5.89. The van der Waals surface area contributed by atoms with Gasteiger partial charge in [-0.15, -0.1) is 0 Å². The van der Waals surface area contributed by atoms with E-state index in [1.54, 1.807) is 6.92 Å². The van der Waals surface area contributed by atoms with Crippen molar-refractivity contribution in [3.63, 3.8) is 0 Å². The molecule has 33 heavy (non-hydrogen) atoms. The molecule has 0 radical (unpaired) electrons. The van der Waals surface area contributed by atoms with Gasteiger partial charge in [-0.1, -0.05) is 42.5 Å². The summed E-state index contributed by atoms with van der Waals surface area (Å²) in [6.45, 7) is 1.64. The first-order valence-electron chi connectivity index (χ1n) is 10.7. The molecule has 9 nitrogen and oxygen atoms in total. The van der Waals surface area contributed by atoms with Crippen LogP contribution in [0.15, 0.2) is 70.4 Å². The second kappa shape index (κ2) is 9.85. The Labute approximate surface area is 190 Å². The molecule has 3 atom stereocenters. The van der Waals surface area contributed by atoms with Crippen LogP contribution in [0.25, 0.3) is 0 Å². The highest BCUT2D eigenvalue weighted by Gasteiger charge is 2.35. The fraction of sp³-hybridized carbons (Fsp3) is 0.292. The first-order chi connectivity index (χ1) is 15.9. The van der Waals surface area contributed by atoms with E-state index in [9.17, 15) is 19.5 Å². The van der Waals surface area contributed by atoms with Gasteiger partial charge in [0.15, 0.2) is 0 Å². The molecule has 0 spiro atoms. The van der Waals surface area contributed by atoms with Crippen molar-refractivity contribution < 1.29 is 14.6 Å². The zero-order valence-corrected chi connectivity index (χ0v) is 18.2. The molecule has 0 aliphatic carbocycles. The quantitative estimate of drug-likeness (QED) is 0.457. The minimum atomic E-state index is -0.869. The zero-order chi connectivity index (χ0) is 23.4. The predicted octanol–water partition coefficient (Wildman–Crippen LogP) is 1.91. The number of carbonyl (C=O) groups is 1. The van der Waals surface area contributed by atoms with Gasteiger partial charge >= 0.3 is 11.7 Å². The van der Waals surface area contributed by atoms with Crippen molar-refractivity contribution in [1.82, 2.24) is 14.9 Å². The Balaban J connectivity index is 1.29. The Kier molecular flexibility index (Phi) is 6.71. The minimum absolute atomic E-state index is 0.0622. The highest BCUT2D eigenvalue weighted by atomic mass is 16.5. The van der Waals surface area contributed by atoms with Gasteiger partial charge in [-0.25, -0.2) is 9.59 Å². The Hall–Kier alpha value is -3.69. The minimum Gasteiger partial charge on any atom is -0.390 e. The van der Waals surface area contributed by atoms with E-state index in [1.807, 2.05) is 42.5 Å². The van der Waals surface area contributed by atoms with E-state index in [4.69, 9.17) is 4.74 Å². The number of H-pyrrole nitrogens is 1. The molecule has 0 unspecified atom stereocenters. The van der Waals surface area contributed by atoms with Gasteiger partial charge in [-0.05, 0) is 36.6 Å². The van der Waals surface area contributed by atoms with Gasteiger partial charge in [0.1, 0.15) is 12.3 Å². The molecular formula is C24H26N4O5. The van der Waals surface area contributed by atoms with E-state index in [0.717, 1.165) is 12.0 Å². The van der Waals surface area contributed by atoms with Gasteiger partial charge in [0.05, 0.1) is 6.10 Å². The van der Waals surface area contributed by atoms with Crippen LogP contribution in [0, 0.1) is 6.92 Å². The average molecular weight is 450 g/mol.